The minimum absolute atomic E-state index is 0.250. The van der Waals surface area contributed by atoms with Crippen molar-refractivity contribution in [2.45, 2.75) is 25.0 Å². The first-order chi connectivity index (χ1) is 9.63. The van der Waals surface area contributed by atoms with Crippen LogP contribution in [0.5, 0.6) is 0 Å². The van der Waals surface area contributed by atoms with Crippen LogP contribution in [0, 0.1) is 5.92 Å². The van der Waals surface area contributed by atoms with Crippen molar-refractivity contribution in [3.05, 3.63) is 33.8 Å². The summed E-state index contributed by atoms with van der Waals surface area (Å²) >= 11 is 13.5. The van der Waals surface area contributed by atoms with Gasteiger partial charge in [-0.05, 0) is 37.0 Å². The Labute approximate surface area is 131 Å². The molecule has 0 aromatic heterocycles. The predicted molar refractivity (Wildman–Crippen MR) is 85.4 cm³/mol. The van der Waals surface area contributed by atoms with E-state index in [4.69, 9.17) is 23.2 Å². The predicted octanol–water partition coefficient (Wildman–Crippen LogP) is 5.00. The van der Waals surface area contributed by atoms with Gasteiger partial charge in [0.05, 0.1) is 15.1 Å². The number of nitrogens with zero attached hydrogens (tertiary/aromatic N) is 2. The van der Waals surface area contributed by atoms with E-state index in [2.05, 4.69) is 9.98 Å². The second-order valence-corrected chi connectivity index (χ2v) is 6.63. The Balaban J connectivity index is 1.71. The zero-order chi connectivity index (χ0) is 14.1. The van der Waals surface area contributed by atoms with Gasteiger partial charge >= 0.3 is 6.03 Å². The average molecular weight is 327 g/mol. The maximum absolute atomic E-state index is 11.5. The molecule has 1 fully saturated rings. The average Bonchev–Trinajstić information content (AvgIpc) is 2.88. The molecule has 1 aromatic rings. The van der Waals surface area contributed by atoms with Crippen LogP contribution in [0.25, 0.3) is 0 Å². The summed E-state index contributed by atoms with van der Waals surface area (Å²) in [6.07, 6.45) is 3.05. The highest BCUT2D eigenvalue weighted by molar-refractivity contribution is 8.13. The number of carbonyl (C=O) groups excluding carboxylic acids is 1. The summed E-state index contributed by atoms with van der Waals surface area (Å²) < 4.78 is 0. The molecule has 1 heterocycles. The number of benzene rings is 1. The van der Waals surface area contributed by atoms with Crippen LogP contribution in [-0.2, 0) is 5.75 Å². The van der Waals surface area contributed by atoms with Gasteiger partial charge in [-0.15, -0.1) is 11.8 Å². The van der Waals surface area contributed by atoms with E-state index < -0.39 is 0 Å². The van der Waals surface area contributed by atoms with E-state index in [9.17, 15) is 4.79 Å². The second-order valence-electron chi connectivity index (χ2n) is 4.82. The van der Waals surface area contributed by atoms with Gasteiger partial charge in [0.2, 0.25) is 0 Å². The highest BCUT2D eigenvalue weighted by atomic mass is 35.5. The van der Waals surface area contributed by atoms with E-state index in [-0.39, 0.29) is 11.9 Å². The molecule has 6 heteroatoms. The molecular formula is C14H12Cl2N2OS. The van der Waals surface area contributed by atoms with Crippen LogP contribution in [0.3, 0.4) is 0 Å². The summed E-state index contributed by atoms with van der Waals surface area (Å²) in [7, 11) is 0. The number of carbonyl (C=O) groups is 1. The lowest BCUT2D eigenvalue weighted by Gasteiger charge is -2.16. The molecule has 1 aliphatic carbocycles. The second kappa shape index (κ2) is 5.88. The van der Waals surface area contributed by atoms with Crippen molar-refractivity contribution < 1.29 is 4.79 Å². The van der Waals surface area contributed by atoms with Crippen LogP contribution in [0.4, 0.5) is 4.79 Å². The zero-order valence-electron chi connectivity index (χ0n) is 10.6. The lowest BCUT2D eigenvalue weighted by Crippen LogP contribution is -2.22. The van der Waals surface area contributed by atoms with E-state index in [0.717, 1.165) is 41.3 Å². The normalized spacial score (nSPS) is 21.5. The minimum Gasteiger partial charge on any atom is -0.244 e. The lowest BCUT2D eigenvalue weighted by atomic mass is 10.1. The molecule has 1 unspecified atom stereocenters. The lowest BCUT2D eigenvalue weighted by molar-refractivity contribution is 0.256. The monoisotopic (exact) mass is 326 g/mol. The van der Waals surface area contributed by atoms with Gasteiger partial charge in [0.1, 0.15) is 0 Å². The number of urea groups is 1. The Bertz CT molecular complexity index is 628. The maximum atomic E-state index is 11.5. The Morgan fingerprint density at radius 2 is 2.10 bits per heavy atom. The third kappa shape index (κ3) is 2.92. The molecule has 20 heavy (non-hydrogen) atoms. The largest absolute Gasteiger partial charge is 0.367 e. The molecular weight excluding hydrogens is 315 g/mol. The number of aliphatic imine (C=N–C) groups is 2. The van der Waals surface area contributed by atoms with Crippen LogP contribution < -0.4 is 0 Å². The van der Waals surface area contributed by atoms with Crippen LogP contribution in [-0.4, -0.2) is 16.8 Å². The SMILES string of the molecule is O=C1N=C2CCCC2C(SCc2ccc(Cl)c(Cl)c2)=N1. The van der Waals surface area contributed by atoms with Crippen molar-refractivity contribution in [2.75, 3.05) is 0 Å². The summed E-state index contributed by atoms with van der Waals surface area (Å²) in [5, 5.41) is 1.99. The summed E-state index contributed by atoms with van der Waals surface area (Å²) in [5.41, 5.74) is 2.07. The smallest absolute Gasteiger partial charge is 0.244 e. The summed E-state index contributed by atoms with van der Waals surface area (Å²) in [5.74, 6) is 0.979. The number of rotatable bonds is 2. The van der Waals surface area contributed by atoms with Gasteiger partial charge < -0.3 is 0 Å². The molecule has 104 valence electrons. The fourth-order valence-corrected chi connectivity index (χ4v) is 3.88. The number of amides is 2. The molecule has 0 radical (unpaired) electrons. The molecule has 1 aromatic carbocycles. The Morgan fingerprint density at radius 3 is 2.90 bits per heavy atom. The van der Waals surface area contributed by atoms with E-state index >= 15 is 0 Å². The third-order valence-corrected chi connectivity index (χ3v) is 5.33. The Morgan fingerprint density at radius 1 is 1.25 bits per heavy atom. The van der Waals surface area contributed by atoms with E-state index in [1.807, 2.05) is 12.1 Å². The highest BCUT2D eigenvalue weighted by Crippen LogP contribution is 2.33. The van der Waals surface area contributed by atoms with Crippen molar-refractivity contribution in [1.82, 2.24) is 0 Å². The first kappa shape index (κ1) is 14.1. The topological polar surface area (TPSA) is 41.8 Å². The van der Waals surface area contributed by atoms with E-state index in [1.165, 1.54) is 0 Å². The number of hydrogen-bond donors (Lipinski definition) is 0. The molecule has 1 saturated carbocycles. The maximum Gasteiger partial charge on any atom is 0.367 e. The standard InChI is InChI=1S/C14H12Cl2N2OS/c15-10-5-4-8(6-11(10)16)7-20-13-9-2-1-3-12(9)17-14(19)18-13/h4-6,9H,1-3,7H2. The Hall–Kier alpha value is -0.840. The van der Waals surface area contributed by atoms with Crippen LogP contribution in [0.15, 0.2) is 28.2 Å². The van der Waals surface area contributed by atoms with Gasteiger partial charge in [0.15, 0.2) is 0 Å². The van der Waals surface area contributed by atoms with Gasteiger partial charge in [-0.1, -0.05) is 29.3 Å². The molecule has 0 spiro atoms. The number of fused-ring (bicyclic) bond motifs is 1. The molecule has 0 bridgehead atoms. The van der Waals surface area contributed by atoms with Gasteiger partial charge in [-0.25, -0.2) is 9.79 Å². The molecule has 2 aliphatic rings. The van der Waals surface area contributed by atoms with E-state index in [1.54, 1.807) is 17.8 Å². The quantitative estimate of drug-likeness (QED) is 0.767. The molecule has 0 N–H and O–H groups in total. The summed E-state index contributed by atoms with van der Waals surface area (Å²) in [6.45, 7) is 0. The van der Waals surface area contributed by atoms with E-state index in [0.29, 0.717) is 10.0 Å². The van der Waals surface area contributed by atoms with Crippen LogP contribution in [0.2, 0.25) is 10.0 Å². The number of halogens is 2. The first-order valence-electron chi connectivity index (χ1n) is 6.40. The van der Waals surface area contributed by atoms with Crippen molar-refractivity contribution in [3.63, 3.8) is 0 Å². The summed E-state index contributed by atoms with van der Waals surface area (Å²) in [4.78, 5) is 19.6. The van der Waals surface area contributed by atoms with Gasteiger partial charge in [-0.2, -0.15) is 4.99 Å². The molecule has 3 rings (SSSR count). The number of hydrogen-bond acceptors (Lipinski definition) is 2. The van der Waals surface area contributed by atoms with Gasteiger partial charge in [0.25, 0.3) is 0 Å². The fourth-order valence-electron chi connectivity index (χ4n) is 2.47. The van der Waals surface area contributed by atoms with Crippen molar-refractivity contribution in [1.29, 1.82) is 0 Å². The first-order valence-corrected chi connectivity index (χ1v) is 8.14. The summed E-state index contributed by atoms with van der Waals surface area (Å²) in [6, 6.07) is 5.22. The molecule has 0 saturated heterocycles. The van der Waals surface area contributed by atoms with Crippen molar-refractivity contribution in [2.24, 2.45) is 15.9 Å². The van der Waals surface area contributed by atoms with Crippen molar-refractivity contribution in [3.8, 4) is 0 Å². The molecule has 3 nitrogen and oxygen atoms in total. The molecule has 1 atom stereocenters. The fraction of sp³-hybridized carbons (Fsp3) is 0.357. The minimum atomic E-state index is -0.366. The highest BCUT2D eigenvalue weighted by Gasteiger charge is 2.31. The van der Waals surface area contributed by atoms with Crippen LogP contribution >= 0.6 is 35.0 Å². The van der Waals surface area contributed by atoms with Crippen molar-refractivity contribution >= 4 is 51.8 Å². The molecule has 2 amide bonds. The van der Waals surface area contributed by atoms with Gasteiger partial charge in [-0.3, -0.25) is 0 Å². The zero-order valence-corrected chi connectivity index (χ0v) is 12.9. The molecule has 1 aliphatic heterocycles. The van der Waals surface area contributed by atoms with Crippen LogP contribution in [0.1, 0.15) is 24.8 Å². The third-order valence-electron chi connectivity index (χ3n) is 3.44. The number of thioether (sulfide) groups is 1. The van der Waals surface area contributed by atoms with Gasteiger partial charge in [0, 0.05) is 17.4 Å². The Kier molecular flexibility index (Phi) is 4.15.